The van der Waals surface area contributed by atoms with Gasteiger partial charge in [0.15, 0.2) is 12.4 Å². The molecule has 1 saturated heterocycles. The first-order chi connectivity index (χ1) is 12.5. The Morgan fingerprint density at radius 3 is 2.62 bits per heavy atom. The maximum atomic E-state index is 13.8. The first-order valence-corrected chi connectivity index (χ1v) is 7.96. The van der Waals surface area contributed by atoms with E-state index in [-0.39, 0.29) is 24.2 Å². The maximum Gasteiger partial charge on any atom is 0.311 e. The van der Waals surface area contributed by atoms with Crippen molar-refractivity contribution in [2.75, 3.05) is 18.1 Å². The van der Waals surface area contributed by atoms with Crippen molar-refractivity contribution in [3.05, 3.63) is 65.7 Å². The van der Waals surface area contributed by atoms with Crippen LogP contribution in [-0.2, 0) is 14.3 Å². The van der Waals surface area contributed by atoms with Gasteiger partial charge < -0.3 is 9.64 Å². The lowest BCUT2D eigenvalue weighted by Crippen LogP contribution is -2.27. The minimum Gasteiger partial charge on any atom is -0.457 e. The number of benzene rings is 2. The Hall–Kier alpha value is -3.09. The lowest BCUT2D eigenvalue weighted by molar-refractivity contribution is -0.147. The number of rotatable bonds is 5. The highest BCUT2D eigenvalue weighted by atomic mass is 19.1. The molecule has 0 aromatic heterocycles. The number of carbonyl (C=O) groups is 3. The average molecular weight is 359 g/mol. The van der Waals surface area contributed by atoms with Gasteiger partial charge in [0.05, 0.1) is 11.6 Å². The molecule has 1 aliphatic heterocycles. The lowest BCUT2D eigenvalue weighted by Gasteiger charge is -2.17. The Kier molecular flexibility index (Phi) is 5.06. The van der Waals surface area contributed by atoms with E-state index in [0.717, 1.165) is 6.07 Å². The van der Waals surface area contributed by atoms with E-state index in [1.54, 1.807) is 6.07 Å². The number of ketones is 1. The van der Waals surface area contributed by atoms with Crippen molar-refractivity contribution in [2.24, 2.45) is 5.92 Å². The van der Waals surface area contributed by atoms with Gasteiger partial charge in [-0.1, -0.05) is 24.3 Å². The summed E-state index contributed by atoms with van der Waals surface area (Å²) in [4.78, 5) is 37.3. The molecule has 1 fully saturated rings. The third kappa shape index (κ3) is 3.77. The van der Waals surface area contributed by atoms with E-state index in [0.29, 0.717) is 0 Å². The largest absolute Gasteiger partial charge is 0.457 e. The van der Waals surface area contributed by atoms with Crippen molar-refractivity contribution in [3.8, 4) is 0 Å². The lowest BCUT2D eigenvalue weighted by atomic mass is 10.1. The van der Waals surface area contributed by atoms with Crippen LogP contribution in [0.4, 0.5) is 14.5 Å². The fraction of sp³-hybridized carbons (Fsp3) is 0.211. The zero-order valence-electron chi connectivity index (χ0n) is 13.7. The van der Waals surface area contributed by atoms with Gasteiger partial charge in [-0.2, -0.15) is 0 Å². The second-order valence-electron chi connectivity index (χ2n) is 5.90. The summed E-state index contributed by atoms with van der Waals surface area (Å²) in [6, 6.07) is 10.8. The molecule has 0 radical (unpaired) electrons. The van der Waals surface area contributed by atoms with Crippen LogP contribution in [0, 0.1) is 17.6 Å². The SMILES string of the molecule is O=C(COC(=O)[C@@H]1CC(=O)N(c2ccccc2F)C1)c1cccc(F)c1. The minimum absolute atomic E-state index is 0.0211. The summed E-state index contributed by atoms with van der Waals surface area (Å²) in [5, 5.41) is 0. The van der Waals surface area contributed by atoms with Crippen LogP contribution in [0.3, 0.4) is 0 Å². The Morgan fingerprint density at radius 2 is 1.88 bits per heavy atom. The quantitative estimate of drug-likeness (QED) is 0.608. The number of amides is 1. The molecule has 7 heteroatoms. The topological polar surface area (TPSA) is 63.7 Å². The number of para-hydroxylation sites is 1. The summed E-state index contributed by atoms with van der Waals surface area (Å²) < 4.78 is 31.9. The molecule has 1 aliphatic rings. The normalized spacial score (nSPS) is 16.6. The number of hydrogen-bond acceptors (Lipinski definition) is 4. The molecule has 1 heterocycles. The molecule has 1 amide bonds. The number of anilines is 1. The van der Waals surface area contributed by atoms with Crippen molar-refractivity contribution in [3.63, 3.8) is 0 Å². The van der Waals surface area contributed by atoms with Gasteiger partial charge in [-0.05, 0) is 24.3 Å². The van der Waals surface area contributed by atoms with E-state index >= 15 is 0 Å². The Bertz CT molecular complexity index is 868. The molecule has 1 atom stereocenters. The summed E-state index contributed by atoms with van der Waals surface area (Å²) in [5.74, 6) is -3.58. The van der Waals surface area contributed by atoms with Crippen LogP contribution in [-0.4, -0.2) is 30.8 Å². The molecular weight excluding hydrogens is 344 g/mol. The van der Waals surface area contributed by atoms with Crippen LogP contribution >= 0.6 is 0 Å². The summed E-state index contributed by atoms with van der Waals surface area (Å²) in [5.41, 5.74) is 0.192. The van der Waals surface area contributed by atoms with Gasteiger partial charge in [0, 0.05) is 18.5 Å². The van der Waals surface area contributed by atoms with E-state index < -0.39 is 41.8 Å². The number of halogens is 2. The second-order valence-corrected chi connectivity index (χ2v) is 5.90. The monoisotopic (exact) mass is 359 g/mol. The van der Waals surface area contributed by atoms with Crippen LogP contribution in [0.15, 0.2) is 48.5 Å². The molecule has 26 heavy (non-hydrogen) atoms. The highest BCUT2D eigenvalue weighted by molar-refractivity contribution is 6.01. The predicted octanol–water partition coefficient (Wildman–Crippen LogP) is 2.74. The second kappa shape index (κ2) is 7.43. The summed E-state index contributed by atoms with van der Waals surface area (Å²) in [6.07, 6.45) is -0.124. The molecule has 0 N–H and O–H groups in total. The van der Waals surface area contributed by atoms with Crippen molar-refractivity contribution in [2.45, 2.75) is 6.42 Å². The third-order valence-electron chi connectivity index (χ3n) is 4.09. The number of carbonyl (C=O) groups excluding carboxylic acids is 3. The van der Waals surface area contributed by atoms with Crippen LogP contribution in [0.25, 0.3) is 0 Å². The number of ether oxygens (including phenoxy) is 1. The Morgan fingerprint density at radius 1 is 1.12 bits per heavy atom. The molecule has 2 aromatic rings. The first kappa shape index (κ1) is 17.7. The zero-order valence-corrected chi connectivity index (χ0v) is 13.7. The first-order valence-electron chi connectivity index (χ1n) is 7.96. The third-order valence-corrected chi connectivity index (χ3v) is 4.09. The maximum absolute atomic E-state index is 13.8. The smallest absolute Gasteiger partial charge is 0.311 e. The van der Waals surface area contributed by atoms with Crippen LogP contribution < -0.4 is 4.90 Å². The van der Waals surface area contributed by atoms with Crippen LogP contribution in [0.2, 0.25) is 0 Å². The van der Waals surface area contributed by atoms with E-state index in [1.165, 1.54) is 41.3 Å². The van der Waals surface area contributed by atoms with Crippen LogP contribution in [0.5, 0.6) is 0 Å². The zero-order chi connectivity index (χ0) is 18.7. The predicted molar refractivity (Wildman–Crippen MR) is 88.5 cm³/mol. The number of esters is 1. The van der Waals surface area contributed by atoms with Gasteiger partial charge >= 0.3 is 5.97 Å². The Balaban J connectivity index is 1.60. The van der Waals surface area contributed by atoms with Gasteiger partial charge in [-0.25, -0.2) is 8.78 Å². The fourth-order valence-corrected chi connectivity index (χ4v) is 2.77. The summed E-state index contributed by atoms with van der Waals surface area (Å²) in [6.45, 7) is -0.570. The van der Waals surface area contributed by atoms with Crippen molar-refractivity contribution in [1.82, 2.24) is 0 Å². The molecule has 3 rings (SSSR count). The number of nitrogens with zero attached hydrogens (tertiary/aromatic N) is 1. The van der Waals surface area contributed by atoms with Crippen LogP contribution in [0.1, 0.15) is 16.8 Å². The molecule has 0 bridgehead atoms. The van der Waals surface area contributed by atoms with Gasteiger partial charge in [0.25, 0.3) is 0 Å². The van der Waals surface area contributed by atoms with Crippen molar-refractivity contribution >= 4 is 23.3 Å². The summed E-state index contributed by atoms with van der Waals surface area (Å²) in [7, 11) is 0. The highest BCUT2D eigenvalue weighted by Crippen LogP contribution is 2.27. The summed E-state index contributed by atoms with van der Waals surface area (Å²) >= 11 is 0. The average Bonchev–Trinajstić information content (AvgIpc) is 3.01. The molecule has 2 aromatic carbocycles. The van der Waals surface area contributed by atoms with E-state index in [9.17, 15) is 23.2 Å². The number of Topliss-reactive ketones (excluding diaryl/α,β-unsaturated/α-hetero) is 1. The van der Waals surface area contributed by atoms with Gasteiger partial charge in [0.2, 0.25) is 5.91 Å². The molecule has 134 valence electrons. The molecule has 5 nitrogen and oxygen atoms in total. The van der Waals surface area contributed by atoms with Gasteiger partial charge in [-0.15, -0.1) is 0 Å². The van der Waals surface area contributed by atoms with E-state index in [1.807, 2.05) is 0 Å². The minimum atomic E-state index is -0.789. The molecule has 0 aliphatic carbocycles. The van der Waals surface area contributed by atoms with Crippen molar-refractivity contribution < 1.29 is 27.9 Å². The fourth-order valence-electron chi connectivity index (χ4n) is 2.77. The van der Waals surface area contributed by atoms with Gasteiger partial charge in [-0.3, -0.25) is 14.4 Å². The van der Waals surface area contributed by atoms with Gasteiger partial charge in [0.1, 0.15) is 11.6 Å². The Labute approximate surface area is 148 Å². The van der Waals surface area contributed by atoms with Crippen molar-refractivity contribution in [1.29, 1.82) is 0 Å². The molecular formula is C19H15F2NO4. The standard InChI is InChI=1S/C19H15F2NO4/c20-14-5-3-4-12(8-14)17(23)11-26-19(25)13-9-18(24)22(10-13)16-7-2-1-6-15(16)21/h1-8,13H,9-11H2/t13-/m1/s1. The number of hydrogen-bond donors (Lipinski definition) is 0. The highest BCUT2D eigenvalue weighted by Gasteiger charge is 2.37. The van der Waals surface area contributed by atoms with E-state index in [2.05, 4.69) is 0 Å². The molecule has 0 saturated carbocycles. The van der Waals surface area contributed by atoms with E-state index in [4.69, 9.17) is 4.74 Å². The molecule has 0 unspecified atom stereocenters. The molecule has 0 spiro atoms.